The van der Waals surface area contributed by atoms with Gasteiger partial charge >= 0.3 is 20.2 Å². The standard InChI is InChI=1S/C29H34O9S2/c1-19(2)9-8-16-36-24-15-14-22(17-25(24)37-39(6,30)31)27-26(34-4)18-23(21-12-10-20(3)11-13-21)28(35-5)29(27)38-40(7,32)33/h9-15,17-18H,8,16H2,1-7H3. The van der Waals surface area contributed by atoms with Gasteiger partial charge in [-0.1, -0.05) is 47.5 Å². The monoisotopic (exact) mass is 590 g/mol. The van der Waals surface area contributed by atoms with Gasteiger partial charge < -0.3 is 22.6 Å². The number of aryl methyl sites for hydroxylation is 1. The summed E-state index contributed by atoms with van der Waals surface area (Å²) < 4.78 is 76.9. The number of benzene rings is 3. The molecule has 0 fully saturated rings. The van der Waals surface area contributed by atoms with E-state index in [2.05, 4.69) is 0 Å². The highest BCUT2D eigenvalue weighted by atomic mass is 32.2. The summed E-state index contributed by atoms with van der Waals surface area (Å²) in [5, 5.41) is 0. The average Bonchev–Trinajstić information content (AvgIpc) is 2.85. The van der Waals surface area contributed by atoms with Crippen molar-refractivity contribution >= 4 is 20.2 Å². The van der Waals surface area contributed by atoms with Crippen LogP contribution in [0, 0.1) is 6.92 Å². The Morgan fingerprint density at radius 1 is 0.750 bits per heavy atom. The van der Waals surface area contributed by atoms with Crippen LogP contribution >= 0.6 is 0 Å². The van der Waals surface area contributed by atoms with Gasteiger partial charge in [-0.05, 0) is 56.5 Å². The SMILES string of the molecule is COc1cc(-c2ccc(C)cc2)c(OC)c(OS(C)(=O)=O)c1-c1ccc(OCCC=C(C)C)c(OS(C)(=O)=O)c1. The van der Waals surface area contributed by atoms with E-state index in [-0.39, 0.29) is 40.9 Å². The van der Waals surface area contributed by atoms with E-state index >= 15 is 0 Å². The first-order chi connectivity index (χ1) is 18.7. The van der Waals surface area contributed by atoms with Crippen LogP contribution in [0.15, 0.2) is 60.2 Å². The molecule has 0 saturated heterocycles. The van der Waals surface area contributed by atoms with Crippen LogP contribution < -0.4 is 22.6 Å². The first kappa shape index (κ1) is 30.8. The molecule has 0 N–H and O–H groups in total. The molecule has 216 valence electrons. The number of hydrogen-bond donors (Lipinski definition) is 0. The Hall–Kier alpha value is -3.70. The third kappa shape index (κ3) is 8.15. The maximum absolute atomic E-state index is 12.4. The maximum atomic E-state index is 12.4. The quantitative estimate of drug-likeness (QED) is 0.148. The van der Waals surface area contributed by atoms with Gasteiger partial charge in [-0.25, -0.2) is 0 Å². The molecule has 0 saturated carbocycles. The molecule has 0 atom stereocenters. The predicted octanol–water partition coefficient (Wildman–Crippen LogP) is 5.76. The van der Waals surface area contributed by atoms with Crippen LogP contribution in [0.2, 0.25) is 0 Å². The fourth-order valence-corrected chi connectivity index (χ4v) is 4.88. The number of hydrogen-bond acceptors (Lipinski definition) is 9. The van der Waals surface area contributed by atoms with E-state index in [9.17, 15) is 16.8 Å². The Morgan fingerprint density at radius 3 is 1.93 bits per heavy atom. The molecule has 0 spiro atoms. The maximum Gasteiger partial charge on any atom is 0.306 e. The van der Waals surface area contributed by atoms with E-state index in [1.54, 1.807) is 18.2 Å². The third-order valence-electron chi connectivity index (χ3n) is 5.62. The molecule has 0 aliphatic rings. The molecule has 9 nitrogen and oxygen atoms in total. The van der Waals surface area contributed by atoms with E-state index in [1.165, 1.54) is 20.3 Å². The second-order valence-corrected chi connectivity index (χ2v) is 12.5. The topological polar surface area (TPSA) is 114 Å². The Balaban J connectivity index is 2.28. The van der Waals surface area contributed by atoms with Crippen LogP contribution in [-0.4, -0.2) is 50.2 Å². The Labute approximate surface area is 236 Å². The van der Waals surface area contributed by atoms with Crippen molar-refractivity contribution in [2.45, 2.75) is 27.2 Å². The van der Waals surface area contributed by atoms with Gasteiger partial charge in [0, 0.05) is 5.56 Å². The van der Waals surface area contributed by atoms with E-state index in [4.69, 9.17) is 22.6 Å². The van der Waals surface area contributed by atoms with Crippen molar-refractivity contribution in [3.05, 3.63) is 65.7 Å². The Kier molecular flexibility index (Phi) is 9.75. The van der Waals surface area contributed by atoms with Crippen LogP contribution in [0.4, 0.5) is 0 Å². The first-order valence-corrected chi connectivity index (χ1v) is 15.9. The van der Waals surface area contributed by atoms with Gasteiger partial charge in [0.1, 0.15) is 5.75 Å². The number of allylic oxidation sites excluding steroid dienone is 1. The Bertz CT molecular complexity index is 1600. The zero-order valence-corrected chi connectivity index (χ0v) is 25.2. The summed E-state index contributed by atoms with van der Waals surface area (Å²) in [6.45, 7) is 6.17. The van der Waals surface area contributed by atoms with Crippen LogP contribution in [0.25, 0.3) is 22.3 Å². The van der Waals surface area contributed by atoms with Crippen molar-refractivity contribution in [2.75, 3.05) is 33.3 Å². The molecular weight excluding hydrogens is 556 g/mol. The van der Waals surface area contributed by atoms with Crippen LogP contribution in [0.5, 0.6) is 28.7 Å². The van der Waals surface area contributed by atoms with Gasteiger partial charge in [0.15, 0.2) is 23.0 Å². The smallest absolute Gasteiger partial charge is 0.306 e. The molecule has 0 heterocycles. The summed E-state index contributed by atoms with van der Waals surface area (Å²) in [4.78, 5) is 0. The molecule has 0 aromatic heterocycles. The number of ether oxygens (including phenoxy) is 3. The highest BCUT2D eigenvalue weighted by molar-refractivity contribution is 7.86. The average molecular weight is 591 g/mol. The number of methoxy groups -OCH3 is 2. The fourth-order valence-electron chi connectivity index (χ4n) is 3.96. The molecule has 40 heavy (non-hydrogen) atoms. The molecule has 3 aromatic carbocycles. The first-order valence-electron chi connectivity index (χ1n) is 12.3. The van der Waals surface area contributed by atoms with E-state index in [0.29, 0.717) is 17.5 Å². The van der Waals surface area contributed by atoms with Crippen LogP contribution in [-0.2, 0) is 20.2 Å². The minimum atomic E-state index is -4.03. The molecule has 0 aliphatic heterocycles. The van der Waals surface area contributed by atoms with Crippen molar-refractivity contribution in [3.63, 3.8) is 0 Å². The molecule has 3 rings (SSSR count). The summed E-state index contributed by atoms with van der Waals surface area (Å²) in [6, 6.07) is 13.9. The van der Waals surface area contributed by atoms with Gasteiger partial charge in [0.25, 0.3) is 0 Å². The predicted molar refractivity (Wildman–Crippen MR) is 156 cm³/mol. The Morgan fingerprint density at radius 2 is 1.38 bits per heavy atom. The second kappa shape index (κ2) is 12.6. The van der Waals surface area contributed by atoms with E-state index in [1.807, 2.05) is 51.1 Å². The van der Waals surface area contributed by atoms with Crippen molar-refractivity contribution in [2.24, 2.45) is 0 Å². The molecule has 0 unspecified atom stereocenters. The van der Waals surface area contributed by atoms with E-state index < -0.39 is 20.2 Å². The minimum Gasteiger partial charge on any atom is -0.496 e. The van der Waals surface area contributed by atoms with Crippen LogP contribution in [0.1, 0.15) is 25.8 Å². The largest absolute Gasteiger partial charge is 0.496 e. The normalized spacial score (nSPS) is 11.5. The van der Waals surface area contributed by atoms with Gasteiger partial charge in [-0.15, -0.1) is 0 Å². The molecular formula is C29H34O9S2. The second-order valence-electron chi connectivity index (χ2n) is 9.38. The summed E-state index contributed by atoms with van der Waals surface area (Å²) in [5.41, 5.74) is 4.01. The van der Waals surface area contributed by atoms with Gasteiger partial charge in [0.2, 0.25) is 0 Å². The van der Waals surface area contributed by atoms with E-state index in [0.717, 1.165) is 29.2 Å². The lowest BCUT2D eigenvalue weighted by atomic mass is 9.96. The van der Waals surface area contributed by atoms with Gasteiger partial charge in [-0.2, -0.15) is 16.8 Å². The summed E-state index contributed by atoms with van der Waals surface area (Å²) in [5.74, 6) is 0.410. The zero-order valence-electron chi connectivity index (χ0n) is 23.6. The fraction of sp³-hybridized carbons (Fsp3) is 0.310. The molecule has 0 bridgehead atoms. The lowest BCUT2D eigenvalue weighted by Crippen LogP contribution is -2.10. The summed E-state index contributed by atoms with van der Waals surface area (Å²) in [6.07, 6.45) is 4.45. The highest BCUT2D eigenvalue weighted by Crippen LogP contribution is 2.51. The van der Waals surface area contributed by atoms with Crippen molar-refractivity contribution < 1.29 is 39.4 Å². The highest BCUT2D eigenvalue weighted by Gasteiger charge is 2.27. The van der Waals surface area contributed by atoms with Gasteiger partial charge in [-0.3, -0.25) is 0 Å². The lowest BCUT2D eigenvalue weighted by molar-refractivity contribution is 0.314. The summed E-state index contributed by atoms with van der Waals surface area (Å²) in [7, 11) is -5.13. The van der Waals surface area contributed by atoms with Crippen molar-refractivity contribution in [1.82, 2.24) is 0 Å². The molecule has 3 aromatic rings. The van der Waals surface area contributed by atoms with Gasteiger partial charge in [0.05, 0.1) is 38.9 Å². The lowest BCUT2D eigenvalue weighted by Gasteiger charge is -2.21. The molecule has 11 heteroatoms. The summed E-state index contributed by atoms with van der Waals surface area (Å²) >= 11 is 0. The minimum absolute atomic E-state index is 0.0777. The van der Waals surface area contributed by atoms with Crippen molar-refractivity contribution in [3.8, 4) is 51.0 Å². The molecule has 0 amide bonds. The van der Waals surface area contributed by atoms with Crippen LogP contribution in [0.3, 0.4) is 0 Å². The number of rotatable bonds is 12. The molecule has 0 aliphatic carbocycles. The zero-order chi connectivity index (χ0) is 29.7. The third-order valence-corrected chi connectivity index (χ3v) is 6.57. The van der Waals surface area contributed by atoms with Crippen molar-refractivity contribution in [1.29, 1.82) is 0 Å². The molecule has 0 radical (unpaired) electrons.